The predicted octanol–water partition coefficient (Wildman–Crippen LogP) is 3.91. The largest absolute Gasteiger partial charge is 0.434 e. The maximum Gasteiger partial charge on any atom is 0.387 e. The van der Waals surface area contributed by atoms with Gasteiger partial charge in [0.05, 0.1) is 13.2 Å². The van der Waals surface area contributed by atoms with E-state index < -0.39 is 6.61 Å². The zero-order chi connectivity index (χ0) is 22.1. The van der Waals surface area contributed by atoms with Crippen molar-refractivity contribution in [3.05, 3.63) is 64.7 Å². The first kappa shape index (κ1) is 26.3. The molecule has 2 N–H and O–H groups in total. The summed E-state index contributed by atoms with van der Waals surface area (Å²) in [7, 11) is 1.67. The van der Waals surface area contributed by atoms with Gasteiger partial charge in [-0.2, -0.15) is 8.78 Å². The Labute approximate surface area is 205 Å². The van der Waals surface area contributed by atoms with Crippen LogP contribution in [0.5, 0.6) is 5.75 Å². The molecular weight excluding hydrogens is 529 g/mol. The van der Waals surface area contributed by atoms with Gasteiger partial charge < -0.3 is 20.1 Å². The second kappa shape index (κ2) is 13.5. The number of nitrogens with one attached hydrogen (secondary N) is 2. The highest BCUT2D eigenvalue weighted by Gasteiger charge is 2.12. The Kier molecular flexibility index (Phi) is 11.1. The van der Waals surface area contributed by atoms with Crippen LogP contribution in [0.1, 0.15) is 22.3 Å². The Morgan fingerprint density at radius 2 is 1.72 bits per heavy atom. The Hall–Kier alpha value is -1.98. The van der Waals surface area contributed by atoms with Crippen molar-refractivity contribution in [2.75, 3.05) is 33.4 Å². The van der Waals surface area contributed by atoms with Crippen LogP contribution >= 0.6 is 24.0 Å². The van der Waals surface area contributed by atoms with E-state index in [-0.39, 0.29) is 29.7 Å². The molecule has 1 heterocycles. The van der Waals surface area contributed by atoms with E-state index in [1.54, 1.807) is 19.2 Å². The van der Waals surface area contributed by atoms with Crippen molar-refractivity contribution < 1.29 is 18.3 Å². The summed E-state index contributed by atoms with van der Waals surface area (Å²) in [5.41, 5.74) is 4.03. The lowest BCUT2D eigenvalue weighted by Crippen LogP contribution is -2.36. The summed E-state index contributed by atoms with van der Waals surface area (Å²) in [4.78, 5) is 6.60. The first-order chi connectivity index (χ1) is 15.0. The minimum atomic E-state index is -2.86. The van der Waals surface area contributed by atoms with Crippen LogP contribution in [0.3, 0.4) is 0 Å². The number of morpholine rings is 1. The van der Waals surface area contributed by atoms with Crippen LogP contribution in [-0.2, 0) is 24.4 Å². The van der Waals surface area contributed by atoms with Crippen molar-refractivity contribution in [2.45, 2.75) is 33.2 Å². The van der Waals surface area contributed by atoms with Gasteiger partial charge in [-0.05, 0) is 24.1 Å². The second-order valence-corrected chi connectivity index (χ2v) is 7.47. The minimum Gasteiger partial charge on any atom is -0.434 e. The molecule has 1 aliphatic rings. The summed E-state index contributed by atoms with van der Waals surface area (Å²) < 4.78 is 35.3. The fourth-order valence-electron chi connectivity index (χ4n) is 3.42. The number of guanidine groups is 1. The van der Waals surface area contributed by atoms with E-state index in [2.05, 4.69) is 49.5 Å². The zero-order valence-corrected chi connectivity index (χ0v) is 20.8. The van der Waals surface area contributed by atoms with Crippen LogP contribution in [0.4, 0.5) is 8.78 Å². The molecule has 0 bridgehead atoms. The molecule has 0 atom stereocenters. The number of hydrogen-bond donors (Lipinski definition) is 2. The molecule has 0 saturated carbocycles. The van der Waals surface area contributed by atoms with Gasteiger partial charge in [-0.3, -0.25) is 9.89 Å². The first-order valence-corrected chi connectivity index (χ1v) is 10.4. The van der Waals surface area contributed by atoms with Crippen LogP contribution < -0.4 is 15.4 Å². The smallest absolute Gasteiger partial charge is 0.387 e. The van der Waals surface area contributed by atoms with Crippen LogP contribution in [0.25, 0.3) is 0 Å². The third-order valence-corrected chi connectivity index (χ3v) is 5.09. The van der Waals surface area contributed by atoms with E-state index in [1.165, 1.54) is 5.56 Å². The minimum absolute atomic E-state index is 0. The molecular formula is C23H31F2IN4O2. The highest BCUT2D eigenvalue weighted by atomic mass is 127. The van der Waals surface area contributed by atoms with E-state index >= 15 is 0 Å². The molecule has 32 heavy (non-hydrogen) atoms. The average Bonchev–Trinajstić information content (AvgIpc) is 2.77. The number of nitrogens with zero attached hydrogens (tertiary/aromatic N) is 2. The summed E-state index contributed by atoms with van der Waals surface area (Å²) in [5, 5.41) is 6.41. The van der Waals surface area contributed by atoms with E-state index in [1.807, 2.05) is 13.0 Å². The first-order valence-electron chi connectivity index (χ1n) is 10.4. The Bertz CT molecular complexity index is 860. The van der Waals surface area contributed by atoms with Gasteiger partial charge in [0.25, 0.3) is 0 Å². The lowest BCUT2D eigenvalue weighted by atomic mass is 10.1. The third kappa shape index (κ3) is 8.51. The SMILES string of the molecule is CN=C(NCc1ccc(CN2CCOCC2)cc1)NCc1cc(C)ccc1OC(F)F.I. The monoisotopic (exact) mass is 560 g/mol. The van der Waals surface area contributed by atoms with Gasteiger partial charge in [0.2, 0.25) is 0 Å². The van der Waals surface area contributed by atoms with Gasteiger partial charge in [0.15, 0.2) is 5.96 Å². The molecule has 0 amide bonds. The van der Waals surface area contributed by atoms with Crippen LogP contribution in [0, 0.1) is 6.92 Å². The van der Waals surface area contributed by atoms with Gasteiger partial charge in [0.1, 0.15) is 5.75 Å². The summed E-state index contributed by atoms with van der Waals surface area (Å²) in [6.07, 6.45) is 0. The fraction of sp³-hybridized carbons (Fsp3) is 0.435. The number of alkyl halides is 2. The topological polar surface area (TPSA) is 58.1 Å². The molecule has 176 valence electrons. The second-order valence-electron chi connectivity index (χ2n) is 7.47. The van der Waals surface area contributed by atoms with Crippen LogP contribution in [0.2, 0.25) is 0 Å². The summed E-state index contributed by atoms with van der Waals surface area (Å²) in [5.74, 6) is 0.751. The molecule has 1 saturated heterocycles. The maximum absolute atomic E-state index is 12.6. The zero-order valence-electron chi connectivity index (χ0n) is 18.4. The Morgan fingerprint density at radius 1 is 1.06 bits per heavy atom. The average molecular weight is 560 g/mol. The fourth-order valence-corrected chi connectivity index (χ4v) is 3.42. The van der Waals surface area contributed by atoms with Gasteiger partial charge in [-0.25, -0.2) is 0 Å². The lowest BCUT2D eigenvalue weighted by Gasteiger charge is -2.26. The number of hydrogen-bond acceptors (Lipinski definition) is 4. The molecule has 0 radical (unpaired) electrons. The van der Waals surface area contributed by atoms with Crippen molar-refractivity contribution in [1.82, 2.24) is 15.5 Å². The molecule has 0 unspecified atom stereocenters. The third-order valence-electron chi connectivity index (χ3n) is 5.09. The molecule has 6 nitrogen and oxygen atoms in total. The summed E-state index contributed by atoms with van der Waals surface area (Å²) in [6, 6.07) is 13.6. The van der Waals surface area contributed by atoms with E-state index in [0.29, 0.717) is 24.6 Å². The Morgan fingerprint density at radius 3 is 2.38 bits per heavy atom. The van der Waals surface area contributed by atoms with E-state index in [9.17, 15) is 8.78 Å². The maximum atomic E-state index is 12.6. The molecule has 0 aliphatic carbocycles. The number of rotatable bonds is 8. The summed E-state index contributed by atoms with van der Waals surface area (Å²) in [6.45, 7) is 4.44. The van der Waals surface area contributed by atoms with Crippen molar-refractivity contribution >= 4 is 29.9 Å². The van der Waals surface area contributed by atoms with Crippen LogP contribution in [0.15, 0.2) is 47.5 Å². The Balaban J connectivity index is 0.00000363. The molecule has 0 aromatic heterocycles. The van der Waals surface area contributed by atoms with E-state index in [0.717, 1.165) is 44.0 Å². The number of benzene rings is 2. The van der Waals surface area contributed by atoms with E-state index in [4.69, 9.17) is 4.74 Å². The number of aryl methyl sites for hydroxylation is 1. The molecule has 0 spiro atoms. The highest BCUT2D eigenvalue weighted by molar-refractivity contribution is 14.0. The predicted molar refractivity (Wildman–Crippen MR) is 133 cm³/mol. The number of halogens is 3. The molecule has 9 heteroatoms. The van der Waals surface area contributed by atoms with Crippen molar-refractivity contribution in [3.63, 3.8) is 0 Å². The van der Waals surface area contributed by atoms with Gasteiger partial charge in [-0.1, -0.05) is 42.0 Å². The molecule has 1 fully saturated rings. The van der Waals surface area contributed by atoms with Gasteiger partial charge in [0, 0.05) is 45.3 Å². The normalized spacial score (nSPS) is 14.7. The molecule has 2 aromatic carbocycles. The van der Waals surface area contributed by atoms with Crippen molar-refractivity contribution in [1.29, 1.82) is 0 Å². The van der Waals surface area contributed by atoms with Gasteiger partial charge >= 0.3 is 6.61 Å². The number of aliphatic imine (C=N–C) groups is 1. The highest BCUT2D eigenvalue weighted by Crippen LogP contribution is 2.22. The quantitative estimate of drug-likeness (QED) is 0.292. The molecule has 1 aliphatic heterocycles. The number of ether oxygens (including phenoxy) is 2. The molecule has 3 rings (SSSR count). The molecule has 2 aromatic rings. The van der Waals surface area contributed by atoms with Crippen molar-refractivity contribution in [3.8, 4) is 5.75 Å². The lowest BCUT2D eigenvalue weighted by molar-refractivity contribution is -0.0504. The van der Waals surface area contributed by atoms with Crippen LogP contribution in [-0.4, -0.2) is 50.8 Å². The summed E-state index contributed by atoms with van der Waals surface area (Å²) >= 11 is 0. The standard InChI is InChI=1S/C23H30F2N4O2.HI/c1-17-3-8-21(31-22(24)25)20(13-17)15-28-23(26-2)27-14-18-4-6-19(7-5-18)16-29-9-11-30-12-10-29;/h3-8,13,22H,9-12,14-16H2,1-2H3,(H2,26,27,28);1H. The van der Waals surface area contributed by atoms with Crippen molar-refractivity contribution in [2.24, 2.45) is 4.99 Å². The van der Waals surface area contributed by atoms with Gasteiger partial charge in [-0.15, -0.1) is 24.0 Å².